The highest BCUT2D eigenvalue weighted by Crippen LogP contribution is 2.27. The lowest BCUT2D eigenvalue weighted by molar-refractivity contribution is -0.122. The van der Waals surface area contributed by atoms with Gasteiger partial charge >= 0.3 is 0 Å². The van der Waals surface area contributed by atoms with E-state index in [-0.39, 0.29) is 29.6 Å². The van der Waals surface area contributed by atoms with E-state index >= 15 is 0 Å². The van der Waals surface area contributed by atoms with Crippen LogP contribution >= 0.6 is 0 Å². The zero-order valence-corrected chi connectivity index (χ0v) is 18.0. The third kappa shape index (κ3) is 6.20. The monoisotopic (exact) mass is 420 g/mol. The van der Waals surface area contributed by atoms with Gasteiger partial charge < -0.3 is 15.2 Å². The molecular weight excluding hydrogens is 392 g/mol. The molecule has 2 aromatic carbocycles. The van der Waals surface area contributed by atoms with E-state index in [2.05, 4.69) is 10.0 Å². The number of nitrogens with one attached hydrogen (secondary N) is 2. The summed E-state index contributed by atoms with van der Waals surface area (Å²) in [6.07, 6.45) is 0.833. The molecule has 0 unspecified atom stereocenters. The van der Waals surface area contributed by atoms with Gasteiger partial charge in [0.1, 0.15) is 10.6 Å². The van der Waals surface area contributed by atoms with Crippen molar-refractivity contribution in [1.29, 1.82) is 0 Å². The summed E-state index contributed by atoms with van der Waals surface area (Å²) in [6.45, 7) is 5.24. The number of aliphatic hydroxyl groups excluding tert-OH is 1. The first-order valence-electron chi connectivity index (χ1n) is 9.31. The first-order chi connectivity index (χ1) is 13.6. The lowest BCUT2D eigenvalue weighted by Crippen LogP contribution is -2.46. The minimum atomic E-state index is -3.83. The SMILES string of the molecule is CCc1ccc(OC)c(S(=O)(=O)Nc2ccc(CC(=O)NC(C)(C)CO)cc2)c1. The number of aryl methyl sites for hydroxylation is 1. The zero-order valence-electron chi connectivity index (χ0n) is 17.2. The molecule has 0 aliphatic carbocycles. The summed E-state index contributed by atoms with van der Waals surface area (Å²) in [5, 5.41) is 12.0. The summed E-state index contributed by atoms with van der Waals surface area (Å²) in [6, 6.07) is 11.6. The summed E-state index contributed by atoms with van der Waals surface area (Å²) < 4.78 is 33.4. The molecule has 158 valence electrons. The Labute approximate surface area is 172 Å². The van der Waals surface area contributed by atoms with Gasteiger partial charge in [-0.05, 0) is 55.7 Å². The van der Waals surface area contributed by atoms with Gasteiger partial charge in [-0.1, -0.05) is 25.1 Å². The molecular formula is C21H28N2O5S. The lowest BCUT2D eigenvalue weighted by Gasteiger charge is -2.23. The number of carbonyl (C=O) groups is 1. The van der Waals surface area contributed by atoms with Crippen molar-refractivity contribution in [2.45, 2.75) is 44.0 Å². The van der Waals surface area contributed by atoms with E-state index in [9.17, 15) is 18.3 Å². The van der Waals surface area contributed by atoms with Crippen LogP contribution in [0.4, 0.5) is 5.69 Å². The third-order valence-corrected chi connectivity index (χ3v) is 5.77. The molecule has 0 saturated carbocycles. The van der Waals surface area contributed by atoms with Crippen LogP contribution < -0.4 is 14.8 Å². The maximum atomic E-state index is 12.8. The fourth-order valence-electron chi connectivity index (χ4n) is 2.70. The number of methoxy groups -OCH3 is 1. The normalized spacial score (nSPS) is 11.8. The van der Waals surface area contributed by atoms with Gasteiger partial charge in [0, 0.05) is 5.69 Å². The van der Waals surface area contributed by atoms with Crippen LogP contribution in [-0.2, 0) is 27.7 Å². The molecule has 0 bridgehead atoms. The predicted molar refractivity (Wildman–Crippen MR) is 113 cm³/mol. The fourth-order valence-corrected chi connectivity index (χ4v) is 3.98. The molecule has 1 amide bonds. The minimum absolute atomic E-state index is 0.0778. The number of anilines is 1. The van der Waals surface area contributed by atoms with Gasteiger partial charge in [-0.2, -0.15) is 0 Å². The highest BCUT2D eigenvalue weighted by atomic mass is 32.2. The molecule has 8 heteroatoms. The molecule has 3 N–H and O–H groups in total. The van der Waals surface area contributed by atoms with Crippen LogP contribution in [0.15, 0.2) is 47.4 Å². The van der Waals surface area contributed by atoms with E-state index in [0.717, 1.165) is 11.1 Å². The molecule has 0 fully saturated rings. The molecule has 0 aliphatic heterocycles. The van der Waals surface area contributed by atoms with Crippen LogP contribution in [0.25, 0.3) is 0 Å². The van der Waals surface area contributed by atoms with Gasteiger partial charge in [-0.15, -0.1) is 0 Å². The number of hydrogen-bond donors (Lipinski definition) is 3. The maximum Gasteiger partial charge on any atom is 0.265 e. The number of aliphatic hydroxyl groups is 1. The van der Waals surface area contributed by atoms with Crippen LogP contribution in [0.5, 0.6) is 5.75 Å². The number of hydrogen-bond acceptors (Lipinski definition) is 5. The minimum Gasteiger partial charge on any atom is -0.495 e. The number of ether oxygens (including phenoxy) is 1. The van der Waals surface area contributed by atoms with Crippen LogP contribution in [-0.4, -0.2) is 38.7 Å². The van der Waals surface area contributed by atoms with E-state index in [4.69, 9.17) is 4.74 Å². The van der Waals surface area contributed by atoms with Gasteiger partial charge in [-0.3, -0.25) is 9.52 Å². The van der Waals surface area contributed by atoms with E-state index < -0.39 is 15.6 Å². The number of amides is 1. The predicted octanol–water partition coefficient (Wildman–Crippen LogP) is 2.49. The third-order valence-electron chi connectivity index (χ3n) is 4.37. The molecule has 0 radical (unpaired) electrons. The van der Waals surface area contributed by atoms with Crippen molar-refractivity contribution in [2.75, 3.05) is 18.4 Å². The van der Waals surface area contributed by atoms with Gasteiger partial charge in [0.2, 0.25) is 5.91 Å². The van der Waals surface area contributed by atoms with Crippen LogP contribution in [0.2, 0.25) is 0 Å². The fraction of sp³-hybridized carbons (Fsp3) is 0.381. The summed E-state index contributed by atoms with van der Waals surface area (Å²) in [5.74, 6) is 0.0491. The van der Waals surface area contributed by atoms with Crippen molar-refractivity contribution in [3.63, 3.8) is 0 Å². The smallest absolute Gasteiger partial charge is 0.265 e. The van der Waals surface area contributed by atoms with E-state index in [1.54, 1.807) is 50.2 Å². The van der Waals surface area contributed by atoms with Crippen molar-refractivity contribution in [2.24, 2.45) is 0 Å². The number of benzene rings is 2. The Balaban J connectivity index is 2.14. The molecule has 7 nitrogen and oxygen atoms in total. The summed E-state index contributed by atoms with van der Waals surface area (Å²) in [7, 11) is -2.41. The van der Waals surface area contributed by atoms with Crippen molar-refractivity contribution >= 4 is 21.6 Å². The molecule has 2 aromatic rings. The number of rotatable bonds is 9. The summed E-state index contributed by atoms with van der Waals surface area (Å²) in [5.41, 5.74) is 1.30. The van der Waals surface area contributed by atoms with Crippen LogP contribution in [0.3, 0.4) is 0 Å². The highest BCUT2D eigenvalue weighted by molar-refractivity contribution is 7.92. The van der Waals surface area contributed by atoms with Gasteiger partial charge in [0.05, 0.1) is 25.7 Å². The lowest BCUT2D eigenvalue weighted by atomic mass is 10.1. The molecule has 0 saturated heterocycles. The first-order valence-corrected chi connectivity index (χ1v) is 10.8. The Morgan fingerprint density at radius 1 is 1.10 bits per heavy atom. The molecule has 0 aromatic heterocycles. The highest BCUT2D eigenvalue weighted by Gasteiger charge is 2.21. The van der Waals surface area contributed by atoms with E-state index in [1.807, 2.05) is 13.0 Å². The molecule has 0 spiro atoms. The quantitative estimate of drug-likeness (QED) is 0.578. The van der Waals surface area contributed by atoms with Crippen molar-refractivity contribution in [1.82, 2.24) is 5.32 Å². The molecule has 29 heavy (non-hydrogen) atoms. The summed E-state index contributed by atoms with van der Waals surface area (Å²) >= 11 is 0. The first kappa shape index (κ1) is 22.7. The second-order valence-electron chi connectivity index (χ2n) is 7.41. The van der Waals surface area contributed by atoms with Gasteiger partial charge in [0.25, 0.3) is 10.0 Å². The maximum absolute atomic E-state index is 12.8. The Hall–Kier alpha value is -2.58. The Morgan fingerprint density at radius 3 is 2.28 bits per heavy atom. The Kier molecular flexibility index (Phi) is 7.26. The molecule has 0 aliphatic rings. The topological polar surface area (TPSA) is 105 Å². The average molecular weight is 421 g/mol. The van der Waals surface area contributed by atoms with Crippen molar-refractivity contribution in [3.05, 3.63) is 53.6 Å². The van der Waals surface area contributed by atoms with Crippen molar-refractivity contribution in [3.8, 4) is 5.75 Å². The number of sulfonamides is 1. The molecule has 0 heterocycles. The van der Waals surface area contributed by atoms with E-state index in [1.165, 1.54) is 7.11 Å². The number of carbonyl (C=O) groups excluding carboxylic acids is 1. The second-order valence-corrected chi connectivity index (χ2v) is 9.06. The van der Waals surface area contributed by atoms with Crippen LogP contribution in [0, 0.1) is 0 Å². The molecule has 0 atom stereocenters. The standard InChI is InChI=1S/C21H28N2O5S/c1-5-15-8-11-18(28-4)19(12-15)29(26,27)23-17-9-6-16(7-10-17)13-20(25)22-21(2,3)14-24/h6-12,23-24H,5,13-14H2,1-4H3,(H,22,25). The Morgan fingerprint density at radius 2 is 1.72 bits per heavy atom. The van der Waals surface area contributed by atoms with Crippen molar-refractivity contribution < 1.29 is 23.1 Å². The van der Waals surface area contributed by atoms with E-state index in [0.29, 0.717) is 12.1 Å². The summed E-state index contributed by atoms with van der Waals surface area (Å²) in [4.78, 5) is 12.1. The zero-order chi connectivity index (χ0) is 21.7. The second kappa shape index (κ2) is 9.28. The largest absolute Gasteiger partial charge is 0.495 e. The van der Waals surface area contributed by atoms with Gasteiger partial charge in [0.15, 0.2) is 0 Å². The van der Waals surface area contributed by atoms with Gasteiger partial charge in [-0.25, -0.2) is 8.42 Å². The molecule has 2 rings (SSSR count). The van der Waals surface area contributed by atoms with Crippen LogP contribution in [0.1, 0.15) is 31.9 Å². The average Bonchev–Trinajstić information content (AvgIpc) is 2.68. The Bertz CT molecular complexity index is 954.